The van der Waals surface area contributed by atoms with Crippen molar-refractivity contribution in [3.63, 3.8) is 0 Å². The van der Waals surface area contributed by atoms with Crippen LogP contribution >= 0.6 is 12.9 Å². The van der Waals surface area contributed by atoms with Crippen molar-refractivity contribution in [2.75, 3.05) is 19.6 Å². The third kappa shape index (κ3) is 4.98. The molecule has 0 spiro atoms. The number of nitrogens with zero attached hydrogens (tertiary/aromatic N) is 1. The van der Waals surface area contributed by atoms with Crippen LogP contribution in [0.3, 0.4) is 0 Å². The fourth-order valence-corrected chi connectivity index (χ4v) is 0.838. The van der Waals surface area contributed by atoms with Crippen LogP contribution < -0.4 is 0 Å². The number of hydrogen-bond acceptors (Lipinski definition) is 4. The predicted molar refractivity (Wildman–Crippen MR) is 51.9 cm³/mol. The molecule has 0 aromatic rings. The van der Waals surface area contributed by atoms with Gasteiger partial charge in [0.25, 0.3) is 0 Å². The van der Waals surface area contributed by atoms with Crippen molar-refractivity contribution in [1.82, 2.24) is 4.90 Å². The standard InChI is InChI=1S/C8H13NO2S/c1-3-5-9(6-4-2)7-8(10)11-12/h3-4,12H,1-2,5-7H2. The summed E-state index contributed by atoms with van der Waals surface area (Å²) < 4.78 is 4.22. The Kier molecular flexibility index (Phi) is 6.51. The van der Waals surface area contributed by atoms with Gasteiger partial charge in [-0.2, -0.15) is 0 Å². The van der Waals surface area contributed by atoms with Crippen LogP contribution in [0.4, 0.5) is 0 Å². The van der Waals surface area contributed by atoms with E-state index in [2.05, 4.69) is 30.3 Å². The zero-order valence-corrected chi connectivity index (χ0v) is 7.80. The van der Waals surface area contributed by atoms with E-state index in [0.29, 0.717) is 13.1 Å². The highest BCUT2D eigenvalue weighted by atomic mass is 32.1. The molecule has 0 bridgehead atoms. The minimum Gasteiger partial charge on any atom is -0.394 e. The molecule has 0 N–H and O–H groups in total. The van der Waals surface area contributed by atoms with Gasteiger partial charge in [0.15, 0.2) is 0 Å². The summed E-state index contributed by atoms with van der Waals surface area (Å²) in [5.41, 5.74) is 0. The number of thiol groups is 1. The Morgan fingerprint density at radius 2 is 1.92 bits per heavy atom. The minimum absolute atomic E-state index is 0.210. The van der Waals surface area contributed by atoms with Gasteiger partial charge in [0.05, 0.1) is 6.54 Å². The van der Waals surface area contributed by atoms with Crippen molar-refractivity contribution >= 4 is 18.9 Å². The number of carbonyl (C=O) groups excluding carboxylic acids is 1. The zero-order chi connectivity index (χ0) is 9.40. The first kappa shape index (κ1) is 11.3. The molecule has 0 unspecified atom stereocenters. The SMILES string of the molecule is C=CCN(CC=C)CC(=O)OS. The van der Waals surface area contributed by atoms with Crippen LogP contribution in [-0.2, 0) is 8.98 Å². The van der Waals surface area contributed by atoms with Gasteiger partial charge in [0, 0.05) is 26.0 Å². The molecule has 0 heterocycles. The molecule has 0 aromatic carbocycles. The van der Waals surface area contributed by atoms with Crippen LogP contribution in [0.25, 0.3) is 0 Å². The normalized spacial score (nSPS) is 9.50. The fourth-order valence-electron chi connectivity index (χ4n) is 0.780. The van der Waals surface area contributed by atoms with Crippen molar-refractivity contribution in [3.8, 4) is 0 Å². The molecule has 0 radical (unpaired) electrons. The highest BCUT2D eigenvalue weighted by Crippen LogP contribution is 1.92. The maximum absolute atomic E-state index is 10.8. The summed E-state index contributed by atoms with van der Waals surface area (Å²) in [7, 11) is 0. The van der Waals surface area contributed by atoms with E-state index in [9.17, 15) is 4.79 Å². The van der Waals surface area contributed by atoms with Gasteiger partial charge in [-0.05, 0) is 0 Å². The fraction of sp³-hybridized carbons (Fsp3) is 0.375. The lowest BCUT2D eigenvalue weighted by atomic mass is 10.4. The quantitative estimate of drug-likeness (QED) is 0.383. The molecule has 0 amide bonds. The maximum atomic E-state index is 10.8. The molecule has 0 aliphatic carbocycles. The van der Waals surface area contributed by atoms with Crippen molar-refractivity contribution < 1.29 is 8.98 Å². The van der Waals surface area contributed by atoms with Crippen LogP contribution in [0.1, 0.15) is 0 Å². The third-order valence-electron chi connectivity index (χ3n) is 1.23. The molecule has 3 nitrogen and oxygen atoms in total. The summed E-state index contributed by atoms with van der Waals surface area (Å²) >= 11 is 3.40. The van der Waals surface area contributed by atoms with Crippen LogP contribution in [0, 0.1) is 0 Å². The maximum Gasteiger partial charge on any atom is 0.331 e. The van der Waals surface area contributed by atoms with E-state index in [1.165, 1.54) is 0 Å². The Hall–Kier alpha value is -0.740. The van der Waals surface area contributed by atoms with Crippen molar-refractivity contribution in [1.29, 1.82) is 0 Å². The second kappa shape index (κ2) is 6.94. The lowest BCUT2D eigenvalue weighted by Crippen LogP contribution is -2.30. The first-order valence-corrected chi connectivity index (χ1v) is 3.89. The van der Waals surface area contributed by atoms with E-state index in [4.69, 9.17) is 0 Å². The van der Waals surface area contributed by atoms with Crippen LogP contribution in [0.2, 0.25) is 0 Å². The highest BCUT2D eigenvalue weighted by Gasteiger charge is 2.07. The topological polar surface area (TPSA) is 29.5 Å². The summed E-state index contributed by atoms with van der Waals surface area (Å²) in [6.07, 6.45) is 3.44. The average Bonchev–Trinajstić information content (AvgIpc) is 2.05. The molecule has 0 aliphatic heterocycles. The van der Waals surface area contributed by atoms with Gasteiger partial charge < -0.3 is 4.18 Å². The van der Waals surface area contributed by atoms with Gasteiger partial charge in [-0.3, -0.25) is 4.90 Å². The molecule has 0 fully saturated rings. The van der Waals surface area contributed by atoms with Gasteiger partial charge in [-0.25, -0.2) is 4.79 Å². The molecule has 4 heteroatoms. The first-order chi connectivity index (χ1) is 5.74. The lowest BCUT2D eigenvalue weighted by Gasteiger charge is -2.15. The van der Waals surface area contributed by atoms with Gasteiger partial charge in [-0.1, -0.05) is 12.2 Å². The van der Waals surface area contributed by atoms with E-state index in [0.717, 1.165) is 0 Å². The number of hydrogen-bond donors (Lipinski definition) is 1. The van der Waals surface area contributed by atoms with Gasteiger partial charge in [-0.15, -0.1) is 13.2 Å². The Labute approximate surface area is 78.3 Å². The van der Waals surface area contributed by atoms with E-state index in [-0.39, 0.29) is 12.5 Å². The van der Waals surface area contributed by atoms with E-state index >= 15 is 0 Å². The summed E-state index contributed by atoms with van der Waals surface area (Å²) in [4.78, 5) is 12.6. The third-order valence-corrected chi connectivity index (χ3v) is 1.43. The molecule has 0 atom stereocenters. The highest BCUT2D eigenvalue weighted by molar-refractivity contribution is 7.75. The Balaban J connectivity index is 3.83. The average molecular weight is 187 g/mol. The molecule has 0 rings (SSSR count). The van der Waals surface area contributed by atoms with Crippen LogP contribution in [0.15, 0.2) is 25.3 Å². The van der Waals surface area contributed by atoms with Gasteiger partial charge >= 0.3 is 5.97 Å². The van der Waals surface area contributed by atoms with Crippen molar-refractivity contribution in [3.05, 3.63) is 25.3 Å². The first-order valence-electron chi connectivity index (χ1n) is 3.53. The number of rotatable bonds is 6. The second-order valence-corrected chi connectivity index (χ2v) is 2.42. The predicted octanol–water partition coefficient (Wildman–Crippen LogP) is 1.05. The Morgan fingerprint density at radius 1 is 1.42 bits per heavy atom. The molecule has 12 heavy (non-hydrogen) atoms. The van der Waals surface area contributed by atoms with Crippen LogP contribution in [0.5, 0.6) is 0 Å². The second-order valence-electron chi connectivity index (χ2n) is 2.23. The number of carbonyl (C=O) groups is 1. The summed E-state index contributed by atoms with van der Waals surface area (Å²) in [5, 5.41) is 0. The van der Waals surface area contributed by atoms with Crippen molar-refractivity contribution in [2.45, 2.75) is 0 Å². The summed E-state index contributed by atoms with van der Waals surface area (Å²) in [6, 6.07) is 0. The molecule has 0 saturated carbocycles. The molecular formula is C8H13NO2S. The summed E-state index contributed by atoms with van der Waals surface area (Å²) in [6.45, 7) is 8.61. The van der Waals surface area contributed by atoms with Crippen molar-refractivity contribution in [2.24, 2.45) is 0 Å². The Morgan fingerprint density at radius 3 is 2.25 bits per heavy atom. The molecule has 68 valence electrons. The molecular weight excluding hydrogens is 174 g/mol. The van der Waals surface area contributed by atoms with E-state index in [1.54, 1.807) is 12.2 Å². The van der Waals surface area contributed by atoms with E-state index < -0.39 is 0 Å². The minimum atomic E-state index is -0.373. The summed E-state index contributed by atoms with van der Waals surface area (Å²) in [5.74, 6) is -0.373. The lowest BCUT2D eigenvalue weighted by molar-refractivity contribution is -0.133. The van der Waals surface area contributed by atoms with Gasteiger partial charge in [0.1, 0.15) is 0 Å². The zero-order valence-electron chi connectivity index (χ0n) is 6.90. The smallest absolute Gasteiger partial charge is 0.331 e. The molecule has 0 saturated heterocycles. The Bertz CT molecular complexity index is 160. The van der Waals surface area contributed by atoms with Gasteiger partial charge in [0.2, 0.25) is 0 Å². The van der Waals surface area contributed by atoms with Crippen LogP contribution in [-0.4, -0.2) is 30.5 Å². The molecule has 0 aromatic heterocycles. The monoisotopic (exact) mass is 187 g/mol. The largest absolute Gasteiger partial charge is 0.394 e. The molecule has 0 aliphatic rings. The van der Waals surface area contributed by atoms with E-state index in [1.807, 2.05) is 4.90 Å².